The van der Waals surface area contributed by atoms with Gasteiger partial charge in [0.05, 0.1) is 18.3 Å². The van der Waals surface area contributed by atoms with E-state index in [0.717, 1.165) is 29.7 Å². The predicted octanol–water partition coefficient (Wildman–Crippen LogP) is 3.13. The quantitative estimate of drug-likeness (QED) is 0.195. The van der Waals surface area contributed by atoms with E-state index in [1.807, 2.05) is 36.7 Å². The maximum Gasteiger partial charge on any atom is 0.490 e. The van der Waals surface area contributed by atoms with E-state index in [9.17, 15) is 32.7 Å². The van der Waals surface area contributed by atoms with Crippen LogP contribution in [0.3, 0.4) is 0 Å². The van der Waals surface area contributed by atoms with Crippen LogP contribution >= 0.6 is 0 Å². The first kappa shape index (κ1) is 33.3. The van der Waals surface area contributed by atoms with Crippen LogP contribution in [0.25, 0.3) is 10.9 Å². The lowest BCUT2D eigenvalue weighted by Crippen LogP contribution is -2.48. The van der Waals surface area contributed by atoms with E-state index in [0.29, 0.717) is 12.1 Å². The minimum atomic E-state index is -5.08. The van der Waals surface area contributed by atoms with Gasteiger partial charge in [-0.05, 0) is 42.7 Å². The number of anilines is 1. The molecular formula is C26H31F3N6O7. The molecule has 13 nitrogen and oxygen atoms in total. The van der Waals surface area contributed by atoms with Crippen molar-refractivity contribution in [3.05, 3.63) is 54.4 Å². The van der Waals surface area contributed by atoms with E-state index in [1.165, 1.54) is 0 Å². The Labute approximate surface area is 238 Å². The van der Waals surface area contributed by atoms with Gasteiger partial charge >= 0.3 is 24.2 Å². The Bertz CT molecular complexity index is 1350. The van der Waals surface area contributed by atoms with Crippen LogP contribution in [0.1, 0.15) is 30.6 Å². The zero-order chi connectivity index (χ0) is 31.3. The van der Waals surface area contributed by atoms with Crippen LogP contribution in [0.15, 0.2) is 48.8 Å². The van der Waals surface area contributed by atoms with Gasteiger partial charge in [0, 0.05) is 36.8 Å². The molecule has 2 heterocycles. The molecule has 0 bridgehead atoms. The highest BCUT2D eigenvalue weighted by Crippen LogP contribution is 2.16. The number of aryl methyl sites for hydroxylation is 1. The van der Waals surface area contributed by atoms with E-state index in [4.69, 9.17) is 14.6 Å². The zero-order valence-corrected chi connectivity index (χ0v) is 22.7. The summed E-state index contributed by atoms with van der Waals surface area (Å²) in [5.74, 6) is -3.55. The van der Waals surface area contributed by atoms with Gasteiger partial charge in [0.1, 0.15) is 11.9 Å². The lowest BCUT2D eigenvalue weighted by molar-refractivity contribution is -0.192. The molecule has 228 valence electrons. The molecule has 0 saturated heterocycles. The number of ether oxygens (including phenoxy) is 1. The van der Waals surface area contributed by atoms with Gasteiger partial charge in [-0.3, -0.25) is 9.48 Å². The summed E-state index contributed by atoms with van der Waals surface area (Å²) in [6.07, 6.45) is -1.68. The van der Waals surface area contributed by atoms with Crippen molar-refractivity contribution in [2.45, 2.75) is 39.0 Å². The second kappa shape index (κ2) is 15.8. The number of hydrogen-bond acceptors (Lipinski definition) is 8. The maximum atomic E-state index is 12.6. The topological polar surface area (TPSA) is 185 Å². The number of carboxylic acids is 2. The van der Waals surface area contributed by atoms with Gasteiger partial charge < -0.3 is 30.9 Å². The van der Waals surface area contributed by atoms with Crippen LogP contribution < -0.4 is 16.0 Å². The van der Waals surface area contributed by atoms with Gasteiger partial charge in [-0.15, -0.1) is 0 Å². The van der Waals surface area contributed by atoms with E-state index in [-0.39, 0.29) is 19.1 Å². The normalized spacial score (nSPS) is 11.7. The number of amides is 2. The third kappa shape index (κ3) is 11.3. The van der Waals surface area contributed by atoms with Crippen molar-refractivity contribution in [1.82, 2.24) is 25.4 Å². The Hall–Kier alpha value is -4.89. The molecule has 1 aromatic carbocycles. The third-order valence-electron chi connectivity index (χ3n) is 5.27. The number of aromatic nitrogens is 3. The van der Waals surface area contributed by atoms with Crippen LogP contribution in [0.5, 0.6) is 0 Å². The first-order valence-electron chi connectivity index (χ1n) is 12.6. The first-order valence-corrected chi connectivity index (χ1v) is 12.6. The number of aliphatic carboxylic acids is 2. The number of fused-ring (bicyclic) bond motifs is 1. The fraction of sp³-hybridized carbons (Fsp3) is 0.385. The lowest BCUT2D eigenvalue weighted by atomic mass is 10.1. The number of carboxylic acid groups (broad SMARTS) is 2. The molecule has 0 saturated carbocycles. The van der Waals surface area contributed by atoms with Crippen molar-refractivity contribution in [2.24, 2.45) is 5.92 Å². The van der Waals surface area contributed by atoms with Gasteiger partial charge in [0.15, 0.2) is 0 Å². The largest absolute Gasteiger partial charge is 0.490 e. The van der Waals surface area contributed by atoms with E-state index >= 15 is 0 Å². The Morgan fingerprint density at radius 1 is 1.10 bits per heavy atom. The number of carbonyl (C=O) groups is 4. The highest BCUT2D eigenvalue weighted by molar-refractivity contribution is 5.98. The number of pyridine rings is 1. The monoisotopic (exact) mass is 596 g/mol. The standard InChI is InChI=1S/C24H30N6O5.C2HF3O2/c1-16(2)15-35-24(34)29-19(23(32)33)14-27-22(31)17-7-8-20-18(12-17)13-28-30(20)11-5-10-26-21-6-3-4-9-25-21;3-2(4,5)1(6)7/h3-4,6-9,12-13,16,19H,5,10-11,14-15H2,1-2H3,(H,25,26)(H,27,31)(H,29,34)(H,32,33);(H,6,7). The molecule has 0 fully saturated rings. The van der Waals surface area contributed by atoms with Crippen LogP contribution in [0.4, 0.5) is 23.8 Å². The average Bonchev–Trinajstić information content (AvgIpc) is 3.34. The summed E-state index contributed by atoms with van der Waals surface area (Å²) in [6, 6.07) is 9.53. The van der Waals surface area contributed by atoms with Crippen molar-refractivity contribution in [1.29, 1.82) is 0 Å². The van der Waals surface area contributed by atoms with Crippen molar-refractivity contribution in [3.8, 4) is 0 Å². The molecule has 2 aromatic heterocycles. The Morgan fingerprint density at radius 3 is 2.40 bits per heavy atom. The fourth-order valence-electron chi connectivity index (χ4n) is 3.24. The van der Waals surface area contributed by atoms with Crippen molar-refractivity contribution >= 4 is 40.7 Å². The second-order valence-corrected chi connectivity index (χ2v) is 9.18. The first-order chi connectivity index (χ1) is 19.8. The van der Waals surface area contributed by atoms with E-state index < -0.39 is 36.2 Å². The van der Waals surface area contributed by atoms with Crippen LogP contribution in [0.2, 0.25) is 0 Å². The Balaban J connectivity index is 0.000000782. The molecule has 1 atom stereocenters. The summed E-state index contributed by atoms with van der Waals surface area (Å²) in [5.41, 5.74) is 1.25. The number of alkyl carbamates (subject to hydrolysis) is 1. The molecule has 0 spiro atoms. The molecule has 3 aromatic rings. The zero-order valence-electron chi connectivity index (χ0n) is 22.7. The molecule has 16 heteroatoms. The van der Waals surface area contributed by atoms with Crippen LogP contribution in [-0.2, 0) is 20.9 Å². The van der Waals surface area contributed by atoms with Gasteiger partial charge in [0.25, 0.3) is 5.91 Å². The summed E-state index contributed by atoms with van der Waals surface area (Å²) in [6.45, 7) is 5.04. The summed E-state index contributed by atoms with van der Waals surface area (Å²) in [7, 11) is 0. The van der Waals surface area contributed by atoms with Crippen LogP contribution in [0, 0.1) is 5.92 Å². The molecule has 0 aliphatic heterocycles. The molecule has 0 aliphatic rings. The number of nitrogens with one attached hydrogen (secondary N) is 3. The van der Waals surface area contributed by atoms with Crippen molar-refractivity contribution < 1.29 is 47.3 Å². The maximum absolute atomic E-state index is 12.6. The van der Waals surface area contributed by atoms with Crippen molar-refractivity contribution in [3.63, 3.8) is 0 Å². The number of halogens is 3. The highest BCUT2D eigenvalue weighted by Gasteiger charge is 2.38. The minimum absolute atomic E-state index is 0.117. The minimum Gasteiger partial charge on any atom is -0.480 e. The molecule has 0 aliphatic carbocycles. The molecule has 3 rings (SSSR count). The van der Waals surface area contributed by atoms with Gasteiger partial charge in [-0.25, -0.2) is 19.4 Å². The number of nitrogens with zero attached hydrogens (tertiary/aromatic N) is 3. The smallest absolute Gasteiger partial charge is 0.480 e. The number of carbonyl (C=O) groups excluding carboxylic acids is 2. The SMILES string of the molecule is CC(C)COC(=O)NC(CNC(=O)c1ccc2c(cnn2CCCNc2ccccn2)c1)C(=O)O.O=C(O)C(F)(F)F. The molecule has 5 N–H and O–H groups in total. The molecule has 0 radical (unpaired) electrons. The van der Waals surface area contributed by atoms with Gasteiger partial charge in [-0.2, -0.15) is 18.3 Å². The van der Waals surface area contributed by atoms with Crippen molar-refractivity contribution in [2.75, 3.05) is 25.0 Å². The fourth-order valence-corrected chi connectivity index (χ4v) is 3.24. The lowest BCUT2D eigenvalue weighted by Gasteiger charge is -2.16. The van der Waals surface area contributed by atoms with Gasteiger partial charge in [-0.1, -0.05) is 19.9 Å². The highest BCUT2D eigenvalue weighted by atomic mass is 19.4. The second-order valence-electron chi connectivity index (χ2n) is 9.18. The average molecular weight is 597 g/mol. The number of alkyl halides is 3. The molecule has 42 heavy (non-hydrogen) atoms. The third-order valence-corrected chi connectivity index (χ3v) is 5.27. The van der Waals surface area contributed by atoms with E-state index in [2.05, 4.69) is 26.0 Å². The van der Waals surface area contributed by atoms with E-state index in [1.54, 1.807) is 30.6 Å². The number of benzene rings is 1. The van der Waals surface area contributed by atoms with Crippen LogP contribution in [-0.4, -0.2) is 80.8 Å². The summed E-state index contributed by atoms with van der Waals surface area (Å²) in [4.78, 5) is 48.9. The summed E-state index contributed by atoms with van der Waals surface area (Å²) in [5, 5.41) is 29.7. The van der Waals surface area contributed by atoms with Gasteiger partial charge in [0.2, 0.25) is 0 Å². The number of hydrogen-bond donors (Lipinski definition) is 5. The summed E-state index contributed by atoms with van der Waals surface area (Å²) >= 11 is 0. The molecule has 2 amide bonds. The predicted molar refractivity (Wildman–Crippen MR) is 144 cm³/mol. The number of rotatable bonds is 12. The molecular weight excluding hydrogens is 565 g/mol. The Kier molecular flexibility index (Phi) is 12.5. The molecule has 1 unspecified atom stereocenters. The Morgan fingerprint density at radius 2 is 1.81 bits per heavy atom. The summed E-state index contributed by atoms with van der Waals surface area (Å²) < 4.78 is 38.5.